The zero-order chi connectivity index (χ0) is 31.4. The number of hydrogen-bond donors (Lipinski definition) is 1. The van der Waals surface area contributed by atoms with Gasteiger partial charge in [-0.25, -0.2) is 9.18 Å². The number of amides is 1. The van der Waals surface area contributed by atoms with Gasteiger partial charge in [-0.15, -0.1) is 0 Å². The summed E-state index contributed by atoms with van der Waals surface area (Å²) < 4.78 is 32.2. The first-order valence-corrected chi connectivity index (χ1v) is 14.8. The summed E-state index contributed by atoms with van der Waals surface area (Å²) in [7, 11) is 0. The summed E-state index contributed by atoms with van der Waals surface area (Å²) in [5, 5.41) is 2.69. The normalized spacial score (nSPS) is 13.6. The number of carbonyl (C=O) groups excluding carboxylic acids is 2. The highest BCUT2D eigenvalue weighted by Gasteiger charge is 2.26. The molecule has 0 saturated carbocycles. The highest BCUT2D eigenvalue weighted by atomic mass is 19.1. The topological polar surface area (TPSA) is 73.9 Å². The molecule has 6 nitrogen and oxygen atoms in total. The second-order valence-corrected chi connectivity index (χ2v) is 13.0. The van der Waals surface area contributed by atoms with E-state index in [0.29, 0.717) is 30.0 Å². The van der Waals surface area contributed by atoms with Crippen molar-refractivity contribution in [2.24, 2.45) is 5.41 Å². The van der Waals surface area contributed by atoms with Gasteiger partial charge in [0.15, 0.2) is 0 Å². The van der Waals surface area contributed by atoms with Crippen LogP contribution in [-0.2, 0) is 16.0 Å². The molecule has 0 aromatic heterocycles. The first kappa shape index (κ1) is 31.8. The third kappa shape index (κ3) is 8.46. The van der Waals surface area contributed by atoms with Crippen LogP contribution in [0.15, 0.2) is 60.7 Å². The van der Waals surface area contributed by atoms with Crippen LogP contribution in [0, 0.1) is 18.2 Å². The molecular weight excluding hydrogens is 545 g/mol. The van der Waals surface area contributed by atoms with Gasteiger partial charge in [0, 0.05) is 5.56 Å². The number of nitrogens with one attached hydrogen (secondary N) is 1. The summed E-state index contributed by atoms with van der Waals surface area (Å²) in [5.74, 6) is 0.615. The number of carbonyl (C=O) groups is 2. The molecule has 1 aliphatic carbocycles. The maximum atomic E-state index is 15.4. The zero-order valence-corrected chi connectivity index (χ0v) is 26.2. The van der Waals surface area contributed by atoms with E-state index in [4.69, 9.17) is 14.2 Å². The molecule has 43 heavy (non-hydrogen) atoms. The summed E-state index contributed by atoms with van der Waals surface area (Å²) >= 11 is 0. The van der Waals surface area contributed by atoms with Gasteiger partial charge in [0.05, 0.1) is 12.0 Å². The summed E-state index contributed by atoms with van der Waals surface area (Å²) in [6.45, 7) is 13.4. The Morgan fingerprint density at radius 3 is 2.19 bits per heavy atom. The molecule has 1 N–H and O–H groups in total. The van der Waals surface area contributed by atoms with Gasteiger partial charge in [-0.3, -0.25) is 4.79 Å². The van der Waals surface area contributed by atoms with Crippen molar-refractivity contribution in [1.82, 2.24) is 5.32 Å². The lowest BCUT2D eigenvalue weighted by atomic mass is 9.87. The van der Waals surface area contributed by atoms with Crippen molar-refractivity contribution in [3.63, 3.8) is 0 Å². The molecule has 1 aliphatic rings. The molecule has 0 saturated heterocycles. The molecule has 4 rings (SSSR count). The summed E-state index contributed by atoms with van der Waals surface area (Å²) in [5.41, 5.74) is 5.11. The molecule has 1 amide bonds. The second-order valence-electron chi connectivity index (χ2n) is 13.0. The van der Waals surface area contributed by atoms with E-state index in [9.17, 15) is 9.59 Å². The largest absolute Gasteiger partial charge is 0.492 e. The Kier molecular flexibility index (Phi) is 9.63. The fourth-order valence-corrected chi connectivity index (χ4v) is 4.91. The molecule has 0 heterocycles. The Labute approximate surface area is 254 Å². The van der Waals surface area contributed by atoms with Crippen LogP contribution in [0.5, 0.6) is 11.5 Å². The van der Waals surface area contributed by atoms with E-state index in [1.54, 1.807) is 6.07 Å². The standard InChI is InChI=1S/C36H42FNO5/c1-23-11-17-29(31(37)21-23)30-10-8-9-25-22-27(42-33(39)35(2,3)4)16-18-28(25)32(30)24-12-14-26(15-13-24)41-20-19-38-34(40)43-36(5,6)7/h11-18,21-22H,8-10,19-20H2,1-7H3,(H,38,40). The van der Waals surface area contributed by atoms with E-state index >= 15 is 4.39 Å². The summed E-state index contributed by atoms with van der Waals surface area (Å²) in [4.78, 5) is 24.4. The molecule has 7 heteroatoms. The second kappa shape index (κ2) is 13.0. The Bertz CT molecular complexity index is 1510. The average Bonchev–Trinajstić information content (AvgIpc) is 3.09. The average molecular weight is 588 g/mol. The molecule has 0 fully saturated rings. The van der Waals surface area contributed by atoms with Crippen LogP contribution in [0.25, 0.3) is 11.1 Å². The molecule has 3 aromatic rings. The molecular formula is C36H42FNO5. The lowest BCUT2D eigenvalue weighted by molar-refractivity contribution is -0.143. The molecule has 0 aliphatic heterocycles. The molecule has 3 aromatic carbocycles. The monoisotopic (exact) mass is 587 g/mol. The smallest absolute Gasteiger partial charge is 0.407 e. The zero-order valence-electron chi connectivity index (χ0n) is 26.2. The van der Waals surface area contributed by atoms with Crippen molar-refractivity contribution in [3.05, 3.63) is 94.3 Å². The third-order valence-corrected chi connectivity index (χ3v) is 6.98. The fourth-order valence-electron chi connectivity index (χ4n) is 4.91. The number of allylic oxidation sites excluding steroid dienone is 1. The number of esters is 1. The van der Waals surface area contributed by atoms with Crippen LogP contribution >= 0.6 is 0 Å². The Morgan fingerprint density at radius 2 is 1.53 bits per heavy atom. The van der Waals surface area contributed by atoms with Gasteiger partial charge in [0.1, 0.15) is 29.5 Å². The Morgan fingerprint density at radius 1 is 0.860 bits per heavy atom. The van der Waals surface area contributed by atoms with Crippen LogP contribution in [-0.4, -0.2) is 30.8 Å². The third-order valence-electron chi connectivity index (χ3n) is 6.98. The highest BCUT2D eigenvalue weighted by molar-refractivity contribution is 6.00. The number of fused-ring (bicyclic) bond motifs is 1. The summed E-state index contributed by atoms with van der Waals surface area (Å²) in [6, 6.07) is 18.8. The summed E-state index contributed by atoms with van der Waals surface area (Å²) in [6.07, 6.45) is 1.79. The van der Waals surface area contributed by atoms with Gasteiger partial charge >= 0.3 is 12.1 Å². The van der Waals surface area contributed by atoms with E-state index in [2.05, 4.69) is 5.32 Å². The van der Waals surface area contributed by atoms with Crippen molar-refractivity contribution in [2.45, 2.75) is 73.3 Å². The molecule has 0 atom stereocenters. The Hall–Kier alpha value is -4.13. The molecule has 228 valence electrons. The van der Waals surface area contributed by atoms with Crippen LogP contribution in [0.2, 0.25) is 0 Å². The molecule has 0 radical (unpaired) electrons. The van der Waals surface area contributed by atoms with Crippen LogP contribution in [0.4, 0.5) is 9.18 Å². The van der Waals surface area contributed by atoms with E-state index in [0.717, 1.165) is 46.2 Å². The number of hydrogen-bond acceptors (Lipinski definition) is 5. The number of ether oxygens (including phenoxy) is 3. The van der Waals surface area contributed by atoms with Crippen molar-refractivity contribution in [1.29, 1.82) is 0 Å². The van der Waals surface area contributed by atoms with E-state index in [-0.39, 0.29) is 18.4 Å². The lowest BCUT2D eigenvalue weighted by Crippen LogP contribution is -2.34. The van der Waals surface area contributed by atoms with Gasteiger partial charge < -0.3 is 19.5 Å². The predicted molar refractivity (Wildman–Crippen MR) is 168 cm³/mol. The van der Waals surface area contributed by atoms with Gasteiger partial charge in [0.2, 0.25) is 0 Å². The number of aryl methyl sites for hydroxylation is 2. The fraction of sp³-hybridized carbons (Fsp3) is 0.389. The first-order valence-electron chi connectivity index (χ1n) is 14.8. The number of benzene rings is 3. The quantitative estimate of drug-likeness (QED) is 0.171. The maximum absolute atomic E-state index is 15.4. The number of alkyl carbamates (subject to hydrolysis) is 1. The van der Waals surface area contributed by atoms with Crippen LogP contribution in [0.3, 0.4) is 0 Å². The van der Waals surface area contributed by atoms with Crippen molar-refractivity contribution < 1.29 is 28.2 Å². The van der Waals surface area contributed by atoms with Gasteiger partial charge in [-0.1, -0.05) is 30.3 Å². The van der Waals surface area contributed by atoms with E-state index in [1.165, 1.54) is 0 Å². The predicted octanol–water partition coefficient (Wildman–Crippen LogP) is 8.28. The Balaban J connectivity index is 1.65. The SMILES string of the molecule is Cc1ccc(C2=C(c3ccc(OCCNC(=O)OC(C)(C)C)cc3)c3ccc(OC(=O)C(C)(C)C)cc3CCC2)c(F)c1. The number of halogens is 1. The van der Waals surface area contributed by atoms with E-state index in [1.807, 2.05) is 103 Å². The number of rotatable bonds is 7. The van der Waals surface area contributed by atoms with Crippen molar-refractivity contribution >= 4 is 23.2 Å². The highest BCUT2D eigenvalue weighted by Crippen LogP contribution is 2.42. The van der Waals surface area contributed by atoms with E-state index < -0.39 is 17.1 Å². The van der Waals surface area contributed by atoms with Gasteiger partial charge in [-0.2, -0.15) is 0 Å². The minimum absolute atomic E-state index is 0.246. The lowest BCUT2D eigenvalue weighted by Gasteiger charge is -2.20. The van der Waals surface area contributed by atoms with Gasteiger partial charge in [-0.05, 0) is 131 Å². The maximum Gasteiger partial charge on any atom is 0.407 e. The first-order chi connectivity index (χ1) is 20.2. The van der Waals surface area contributed by atoms with Crippen molar-refractivity contribution in [3.8, 4) is 11.5 Å². The minimum Gasteiger partial charge on any atom is -0.492 e. The van der Waals surface area contributed by atoms with Crippen molar-refractivity contribution in [2.75, 3.05) is 13.2 Å². The van der Waals surface area contributed by atoms with Crippen LogP contribution in [0.1, 0.15) is 82.2 Å². The van der Waals surface area contributed by atoms with Gasteiger partial charge in [0.25, 0.3) is 0 Å². The minimum atomic E-state index is -0.621. The molecule has 0 unspecified atom stereocenters. The molecule has 0 spiro atoms. The molecule has 0 bridgehead atoms. The van der Waals surface area contributed by atoms with Crippen LogP contribution < -0.4 is 14.8 Å².